The molecule has 178 valence electrons. The van der Waals surface area contributed by atoms with Crippen molar-refractivity contribution in [2.24, 2.45) is 5.92 Å². The van der Waals surface area contributed by atoms with Gasteiger partial charge in [0, 0.05) is 24.1 Å². The first-order chi connectivity index (χ1) is 16.5. The average molecular weight is 481 g/mol. The second-order valence-corrected chi connectivity index (χ2v) is 10.2. The topological polar surface area (TPSA) is 95.9 Å². The van der Waals surface area contributed by atoms with Gasteiger partial charge in [-0.25, -0.2) is 9.59 Å². The Kier molecular flexibility index (Phi) is 6.50. The molecular weight excluding hydrogens is 452 g/mol. The number of fused-ring (bicyclic) bond motifs is 3. The highest BCUT2D eigenvalue weighted by molar-refractivity contribution is 7.99. The third kappa shape index (κ3) is 4.39. The number of rotatable bonds is 6. The number of carboxylic acids is 1. The molecule has 2 aliphatic carbocycles. The van der Waals surface area contributed by atoms with Crippen molar-refractivity contribution in [3.8, 4) is 11.1 Å². The third-order valence-electron chi connectivity index (χ3n) is 7.23. The second kappa shape index (κ2) is 9.70. The molecule has 8 heteroatoms. The van der Waals surface area contributed by atoms with Crippen LogP contribution in [0.3, 0.4) is 0 Å². The molecule has 1 saturated heterocycles. The molecule has 7 nitrogen and oxygen atoms in total. The number of carbonyl (C=O) groups excluding carboxylic acids is 2. The standard InChI is InChI=1S/C26H28N2O5S/c29-24(28-15-34-14-23(28)25(30)31)12-16-6-5-11-22(16)27-26(32)33-13-21-19-9-3-1-7-17(19)18-8-2-4-10-20(18)21/h1-4,7-10,16,21-23H,5-6,11-15H2,(H,27,32)(H,30,31)/t16?,22?,23-/m0/s1. The van der Waals surface area contributed by atoms with Crippen LogP contribution in [0.15, 0.2) is 48.5 Å². The lowest BCUT2D eigenvalue weighted by atomic mass is 9.98. The van der Waals surface area contributed by atoms with E-state index in [-0.39, 0.29) is 36.8 Å². The van der Waals surface area contributed by atoms with Crippen LogP contribution in [0.2, 0.25) is 0 Å². The Hall–Kier alpha value is -3.00. The number of hydrogen-bond donors (Lipinski definition) is 2. The largest absolute Gasteiger partial charge is 0.480 e. The Morgan fingerprint density at radius 2 is 1.71 bits per heavy atom. The molecule has 3 atom stereocenters. The van der Waals surface area contributed by atoms with Crippen molar-refractivity contribution in [3.63, 3.8) is 0 Å². The molecule has 0 aromatic heterocycles. The fourth-order valence-corrected chi connectivity index (χ4v) is 6.67. The summed E-state index contributed by atoms with van der Waals surface area (Å²) < 4.78 is 5.68. The maximum Gasteiger partial charge on any atom is 0.407 e. The monoisotopic (exact) mass is 480 g/mol. The minimum atomic E-state index is -0.960. The van der Waals surface area contributed by atoms with E-state index < -0.39 is 18.1 Å². The second-order valence-electron chi connectivity index (χ2n) is 9.19. The summed E-state index contributed by atoms with van der Waals surface area (Å²) in [6, 6.07) is 15.5. The Balaban J connectivity index is 1.18. The first-order valence-corrected chi connectivity index (χ1v) is 12.9. The number of amides is 2. The minimum Gasteiger partial charge on any atom is -0.480 e. The molecule has 1 heterocycles. The number of carbonyl (C=O) groups is 3. The predicted octanol–water partition coefficient (Wildman–Crippen LogP) is 4.07. The molecule has 1 saturated carbocycles. The lowest BCUT2D eigenvalue weighted by Gasteiger charge is -2.25. The van der Waals surface area contributed by atoms with E-state index in [1.54, 1.807) is 0 Å². The van der Waals surface area contributed by atoms with Crippen LogP contribution < -0.4 is 5.32 Å². The number of benzene rings is 2. The highest BCUT2D eigenvalue weighted by Crippen LogP contribution is 2.44. The third-order valence-corrected chi connectivity index (χ3v) is 8.24. The fourth-order valence-electron chi connectivity index (χ4n) is 5.50. The first-order valence-electron chi connectivity index (χ1n) is 11.7. The van der Waals surface area contributed by atoms with Crippen LogP contribution in [-0.2, 0) is 14.3 Å². The lowest BCUT2D eigenvalue weighted by molar-refractivity contribution is -0.148. The molecule has 0 radical (unpaired) electrons. The summed E-state index contributed by atoms with van der Waals surface area (Å²) >= 11 is 1.46. The molecule has 2 aromatic carbocycles. The molecule has 2 N–H and O–H groups in total. The van der Waals surface area contributed by atoms with E-state index in [0.717, 1.165) is 30.4 Å². The van der Waals surface area contributed by atoms with Crippen molar-refractivity contribution >= 4 is 29.7 Å². The van der Waals surface area contributed by atoms with Gasteiger partial charge in [0.25, 0.3) is 0 Å². The van der Waals surface area contributed by atoms with Gasteiger partial charge < -0.3 is 20.1 Å². The predicted molar refractivity (Wildman–Crippen MR) is 130 cm³/mol. The zero-order chi connectivity index (χ0) is 23.7. The number of ether oxygens (including phenoxy) is 1. The zero-order valence-corrected chi connectivity index (χ0v) is 19.6. The van der Waals surface area contributed by atoms with E-state index in [1.807, 2.05) is 24.3 Å². The number of carboxylic acid groups (broad SMARTS) is 1. The number of hydrogen-bond acceptors (Lipinski definition) is 5. The molecule has 2 amide bonds. The van der Waals surface area contributed by atoms with Crippen molar-refractivity contribution < 1.29 is 24.2 Å². The van der Waals surface area contributed by atoms with Crippen molar-refractivity contribution in [1.29, 1.82) is 0 Å². The lowest BCUT2D eigenvalue weighted by Crippen LogP contribution is -2.44. The summed E-state index contributed by atoms with van der Waals surface area (Å²) in [5.74, 6) is -0.283. The van der Waals surface area contributed by atoms with E-state index in [2.05, 4.69) is 29.6 Å². The molecule has 0 bridgehead atoms. The normalized spacial score (nSPS) is 23.4. The number of alkyl carbamates (subject to hydrolysis) is 1. The molecule has 0 spiro atoms. The molecule has 2 unspecified atom stereocenters. The maximum absolute atomic E-state index is 12.8. The highest BCUT2D eigenvalue weighted by atomic mass is 32.2. The summed E-state index contributed by atoms with van der Waals surface area (Å²) in [5.41, 5.74) is 4.69. The molecule has 3 aliphatic rings. The van der Waals surface area contributed by atoms with E-state index in [1.165, 1.54) is 27.8 Å². The summed E-state index contributed by atoms with van der Waals surface area (Å²) in [4.78, 5) is 38.4. The van der Waals surface area contributed by atoms with Crippen LogP contribution in [0.5, 0.6) is 0 Å². The smallest absolute Gasteiger partial charge is 0.407 e. The Morgan fingerprint density at radius 1 is 1.03 bits per heavy atom. The summed E-state index contributed by atoms with van der Waals surface area (Å²) in [6.07, 6.45) is 2.33. The number of thioether (sulfide) groups is 1. The van der Waals surface area contributed by atoms with Gasteiger partial charge in [0.2, 0.25) is 5.91 Å². The van der Waals surface area contributed by atoms with Gasteiger partial charge in [0.05, 0.1) is 5.88 Å². The van der Waals surface area contributed by atoms with E-state index in [0.29, 0.717) is 11.6 Å². The van der Waals surface area contributed by atoms with Crippen molar-refractivity contribution in [1.82, 2.24) is 10.2 Å². The van der Waals surface area contributed by atoms with Crippen molar-refractivity contribution in [2.75, 3.05) is 18.2 Å². The molecule has 5 rings (SSSR count). The molecular formula is C26H28N2O5S. The Bertz CT molecular complexity index is 1060. The van der Waals surface area contributed by atoms with Gasteiger partial charge in [0.15, 0.2) is 0 Å². The van der Waals surface area contributed by atoms with Crippen LogP contribution in [0.25, 0.3) is 11.1 Å². The Morgan fingerprint density at radius 3 is 2.38 bits per heavy atom. The van der Waals surface area contributed by atoms with Gasteiger partial charge in [-0.2, -0.15) is 0 Å². The van der Waals surface area contributed by atoms with Crippen LogP contribution in [0, 0.1) is 5.92 Å². The minimum absolute atomic E-state index is 0.000258. The van der Waals surface area contributed by atoms with Crippen molar-refractivity contribution in [2.45, 2.75) is 43.7 Å². The van der Waals surface area contributed by atoms with Crippen LogP contribution >= 0.6 is 11.8 Å². The summed E-state index contributed by atoms with van der Waals surface area (Å²) in [5, 5.41) is 12.3. The van der Waals surface area contributed by atoms with E-state index >= 15 is 0 Å². The maximum atomic E-state index is 12.8. The van der Waals surface area contributed by atoms with Crippen LogP contribution in [0.1, 0.15) is 42.7 Å². The molecule has 2 fully saturated rings. The first kappa shape index (κ1) is 22.8. The average Bonchev–Trinajstić information content (AvgIpc) is 3.56. The zero-order valence-electron chi connectivity index (χ0n) is 18.8. The summed E-state index contributed by atoms with van der Waals surface area (Å²) in [6.45, 7) is 0.251. The van der Waals surface area contributed by atoms with Crippen LogP contribution in [0.4, 0.5) is 4.79 Å². The van der Waals surface area contributed by atoms with Crippen molar-refractivity contribution in [3.05, 3.63) is 59.7 Å². The van der Waals surface area contributed by atoms with E-state index in [9.17, 15) is 19.5 Å². The fraction of sp³-hybridized carbons (Fsp3) is 0.423. The molecule has 2 aromatic rings. The number of aliphatic carboxylic acids is 1. The highest BCUT2D eigenvalue weighted by Gasteiger charge is 2.38. The van der Waals surface area contributed by atoms with Gasteiger partial charge in [-0.1, -0.05) is 55.0 Å². The molecule has 1 aliphatic heterocycles. The molecule has 34 heavy (non-hydrogen) atoms. The Labute approximate surface area is 202 Å². The van der Waals surface area contributed by atoms with Gasteiger partial charge in [0.1, 0.15) is 12.6 Å². The van der Waals surface area contributed by atoms with Gasteiger partial charge in [-0.15, -0.1) is 11.8 Å². The summed E-state index contributed by atoms with van der Waals surface area (Å²) in [7, 11) is 0. The van der Waals surface area contributed by atoms with Gasteiger partial charge in [-0.3, -0.25) is 4.79 Å². The number of nitrogens with zero attached hydrogens (tertiary/aromatic N) is 1. The van der Waals surface area contributed by atoms with Gasteiger partial charge in [-0.05, 0) is 41.0 Å². The quantitative estimate of drug-likeness (QED) is 0.647. The number of nitrogens with one attached hydrogen (secondary N) is 1. The van der Waals surface area contributed by atoms with E-state index in [4.69, 9.17) is 4.74 Å². The SMILES string of the molecule is O=C(NC1CCCC1CC(=O)N1CSC[C@H]1C(=O)O)OCC1c2ccccc2-c2ccccc21. The van der Waals surface area contributed by atoms with Gasteiger partial charge >= 0.3 is 12.1 Å². The van der Waals surface area contributed by atoms with Crippen LogP contribution in [-0.4, -0.2) is 58.3 Å².